The van der Waals surface area contributed by atoms with E-state index in [0.29, 0.717) is 53.7 Å². The van der Waals surface area contributed by atoms with Crippen LogP contribution in [0.3, 0.4) is 0 Å². The van der Waals surface area contributed by atoms with Gasteiger partial charge in [0.1, 0.15) is 5.82 Å². The van der Waals surface area contributed by atoms with Crippen LogP contribution < -0.4 is 10.6 Å². The van der Waals surface area contributed by atoms with Gasteiger partial charge < -0.3 is 25.7 Å². The Hall–Kier alpha value is -2.68. The molecule has 1 heterocycles. The molecule has 1 saturated heterocycles. The number of nitrogens with zero attached hydrogens (tertiary/aromatic N) is 1. The summed E-state index contributed by atoms with van der Waals surface area (Å²) in [5, 5.41) is 27.7. The average Bonchev–Trinajstić information content (AvgIpc) is 3.39. The van der Waals surface area contributed by atoms with Crippen molar-refractivity contribution < 1.29 is 24.2 Å². The third-order valence-electron chi connectivity index (χ3n) is 8.42. The lowest BCUT2D eigenvalue weighted by molar-refractivity contribution is -0.140. The fourth-order valence-corrected chi connectivity index (χ4v) is 6.75. The Bertz CT molecular complexity index is 1170. The zero-order chi connectivity index (χ0) is 28.2. The van der Waals surface area contributed by atoms with Gasteiger partial charge in [0.15, 0.2) is 0 Å². The van der Waals surface area contributed by atoms with Gasteiger partial charge in [0.05, 0.1) is 5.60 Å². The van der Waals surface area contributed by atoms with Gasteiger partial charge in [-0.05, 0) is 93.8 Å². The van der Waals surface area contributed by atoms with Gasteiger partial charge in [-0.1, -0.05) is 29.8 Å². The molecule has 212 valence electrons. The number of aliphatic hydroxyl groups is 1. The predicted molar refractivity (Wildman–Crippen MR) is 150 cm³/mol. The lowest BCUT2D eigenvalue weighted by Gasteiger charge is -2.44. The van der Waals surface area contributed by atoms with Crippen LogP contribution in [0.25, 0.3) is 11.1 Å². The summed E-state index contributed by atoms with van der Waals surface area (Å²) in [4.78, 5) is 26.5. The summed E-state index contributed by atoms with van der Waals surface area (Å²) in [6.45, 7) is 3.03. The number of benzene rings is 2. The van der Waals surface area contributed by atoms with Gasteiger partial charge in [-0.15, -0.1) is 0 Å². The number of carbonyl (C=O) groups excluding carboxylic acids is 1. The maximum Gasteiger partial charge on any atom is 0.404 e. The maximum absolute atomic E-state index is 14.5. The molecule has 0 radical (unpaired) electrons. The normalized spacial score (nSPS) is 22.9. The van der Waals surface area contributed by atoms with Gasteiger partial charge >= 0.3 is 6.09 Å². The van der Waals surface area contributed by atoms with Crippen LogP contribution in [0, 0.1) is 24.6 Å². The van der Waals surface area contributed by atoms with E-state index < -0.39 is 17.5 Å². The van der Waals surface area contributed by atoms with Crippen molar-refractivity contribution in [1.29, 1.82) is 0 Å². The molecule has 9 heteroatoms. The van der Waals surface area contributed by atoms with E-state index in [1.165, 1.54) is 12.1 Å². The second-order valence-electron chi connectivity index (χ2n) is 11.1. The van der Waals surface area contributed by atoms with Crippen molar-refractivity contribution in [3.05, 3.63) is 58.4 Å². The Labute approximate surface area is 234 Å². The molecule has 1 aliphatic carbocycles. The van der Waals surface area contributed by atoms with Crippen molar-refractivity contribution in [1.82, 2.24) is 15.5 Å². The topological polar surface area (TPSA) is 102 Å². The highest BCUT2D eigenvalue weighted by molar-refractivity contribution is 6.33. The maximum atomic E-state index is 14.5. The molecule has 2 aromatic rings. The summed E-state index contributed by atoms with van der Waals surface area (Å²) < 4.78 is 14.5. The van der Waals surface area contributed by atoms with E-state index in [1.807, 2.05) is 24.1 Å². The van der Waals surface area contributed by atoms with Crippen LogP contribution in [0.4, 0.5) is 9.18 Å². The Kier molecular flexibility index (Phi) is 9.51. The molecule has 0 bridgehead atoms. The summed E-state index contributed by atoms with van der Waals surface area (Å²) >= 11 is 6.71. The molecule has 2 fully saturated rings. The zero-order valence-electron chi connectivity index (χ0n) is 22.7. The van der Waals surface area contributed by atoms with Crippen LogP contribution in [0.1, 0.15) is 56.1 Å². The van der Waals surface area contributed by atoms with Gasteiger partial charge in [-0.2, -0.15) is 0 Å². The number of carbonyl (C=O) groups is 2. The third-order valence-corrected chi connectivity index (χ3v) is 8.74. The summed E-state index contributed by atoms with van der Waals surface area (Å²) in [5.41, 5.74) is 1.03. The largest absolute Gasteiger partial charge is 0.465 e. The highest BCUT2D eigenvalue weighted by atomic mass is 35.5. The quantitative estimate of drug-likeness (QED) is 0.312. The Balaban J connectivity index is 1.69. The number of hydrogen-bond donors (Lipinski definition) is 4. The van der Waals surface area contributed by atoms with E-state index in [0.717, 1.165) is 31.2 Å². The van der Waals surface area contributed by atoms with Crippen LogP contribution in [-0.2, 0) is 10.4 Å². The second kappa shape index (κ2) is 12.7. The van der Waals surface area contributed by atoms with E-state index in [2.05, 4.69) is 10.6 Å². The number of aryl methyl sites for hydroxylation is 1. The average molecular weight is 560 g/mol. The van der Waals surface area contributed by atoms with E-state index in [1.54, 1.807) is 19.1 Å². The van der Waals surface area contributed by atoms with Crippen LogP contribution in [0.2, 0.25) is 5.02 Å². The first-order chi connectivity index (χ1) is 18.6. The van der Waals surface area contributed by atoms with E-state index in [4.69, 9.17) is 16.7 Å². The summed E-state index contributed by atoms with van der Waals surface area (Å²) in [7, 11) is 1.93. The first kappa shape index (κ1) is 29.3. The summed E-state index contributed by atoms with van der Waals surface area (Å²) in [6, 6.07) is 10.4. The van der Waals surface area contributed by atoms with Crippen LogP contribution in [0.15, 0.2) is 36.4 Å². The number of nitrogens with one attached hydrogen (secondary N) is 2. The van der Waals surface area contributed by atoms with E-state index >= 15 is 0 Å². The first-order valence-electron chi connectivity index (χ1n) is 13.8. The number of amides is 2. The molecule has 0 spiro atoms. The number of carboxylic acid groups (broad SMARTS) is 1. The molecule has 2 aromatic carbocycles. The van der Waals surface area contributed by atoms with Crippen LogP contribution in [-0.4, -0.2) is 59.8 Å². The fraction of sp³-hybridized carbons (Fsp3) is 0.533. The molecule has 1 aliphatic heterocycles. The molecule has 4 atom stereocenters. The minimum absolute atomic E-state index is 0.0222. The van der Waals surface area contributed by atoms with Gasteiger partial charge in [-0.3, -0.25) is 4.79 Å². The fourth-order valence-electron chi connectivity index (χ4n) is 6.46. The summed E-state index contributed by atoms with van der Waals surface area (Å²) in [6.07, 6.45) is 3.62. The highest BCUT2D eigenvalue weighted by Gasteiger charge is 2.44. The number of rotatable bonds is 9. The number of likely N-dealkylation sites (tertiary alicyclic amines) is 1. The van der Waals surface area contributed by atoms with Gasteiger partial charge in [-0.25, -0.2) is 9.18 Å². The van der Waals surface area contributed by atoms with Gasteiger partial charge in [0.25, 0.3) is 0 Å². The molecule has 0 aromatic heterocycles. The Morgan fingerprint density at radius 3 is 2.69 bits per heavy atom. The first-order valence-corrected chi connectivity index (χ1v) is 14.2. The standard InChI is InChI=1S/C30H39ClFN3O4/c1-19-14-21(16-23(32)15-19)27-25(7-3-8-26(27)31)30(39,11-5-12-34-29(37)38)22-6-4-13-35(18-22)28(36)20-9-10-24(17-20)33-2/h3,7-8,14-16,20,22,24,33-34,39H,4-6,9-13,17-18H2,1-2H3,(H,37,38). The Morgan fingerprint density at radius 2 is 2.00 bits per heavy atom. The molecule has 4 N–H and O–H groups in total. The number of piperidine rings is 1. The predicted octanol–water partition coefficient (Wildman–Crippen LogP) is 5.32. The summed E-state index contributed by atoms with van der Waals surface area (Å²) in [5.74, 6) is -0.574. The SMILES string of the molecule is CNC1CCC(C(=O)N2CCCC(C(O)(CCCNC(=O)O)c3cccc(Cl)c3-c3cc(C)cc(F)c3)C2)C1. The van der Waals surface area contributed by atoms with Crippen LogP contribution in [0.5, 0.6) is 0 Å². The molecule has 2 amide bonds. The molecule has 7 nitrogen and oxygen atoms in total. The second-order valence-corrected chi connectivity index (χ2v) is 11.5. The monoisotopic (exact) mass is 559 g/mol. The zero-order valence-corrected chi connectivity index (χ0v) is 23.4. The van der Waals surface area contributed by atoms with Crippen molar-refractivity contribution in [2.45, 2.75) is 63.5 Å². The van der Waals surface area contributed by atoms with Crippen LogP contribution >= 0.6 is 11.6 Å². The number of hydrogen-bond acceptors (Lipinski definition) is 4. The number of halogens is 2. The molecular formula is C30H39ClFN3O4. The molecule has 4 rings (SSSR count). The third kappa shape index (κ3) is 6.73. The smallest absolute Gasteiger partial charge is 0.404 e. The van der Waals surface area contributed by atoms with Crippen molar-refractivity contribution in [3.8, 4) is 11.1 Å². The van der Waals surface area contributed by atoms with Gasteiger partial charge in [0, 0.05) is 48.1 Å². The lowest BCUT2D eigenvalue weighted by atomic mass is 9.72. The molecule has 39 heavy (non-hydrogen) atoms. The van der Waals surface area contributed by atoms with Crippen molar-refractivity contribution in [3.63, 3.8) is 0 Å². The minimum Gasteiger partial charge on any atom is -0.465 e. The van der Waals surface area contributed by atoms with Crippen molar-refractivity contribution in [2.24, 2.45) is 11.8 Å². The molecule has 4 unspecified atom stereocenters. The van der Waals surface area contributed by atoms with E-state index in [9.17, 15) is 19.1 Å². The van der Waals surface area contributed by atoms with Gasteiger partial charge in [0.2, 0.25) is 5.91 Å². The van der Waals surface area contributed by atoms with Crippen molar-refractivity contribution in [2.75, 3.05) is 26.7 Å². The minimum atomic E-state index is -1.41. The Morgan fingerprint density at radius 1 is 1.21 bits per heavy atom. The molecular weight excluding hydrogens is 521 g/mol. The molecule has 2 aliphatic rings. The van der Waals surface area contributed by atoms with Crippen molar-refractivity contribution >= 4 is 23.6 Å². The van der Waals surface area contributed by atoms with E-state index in [-0.39, 0.29) is 30.7 Å². The highest BCUT2D eigenvalue weighted by Crippen LogP contribution is 2.46. The molecule has 1 saturated carbocycles. The lowest BCUT2D eigenvalue weighted by Crippen LogP contribution is -2.49.